The molecule has 1 N–H and O–H groups in total. The van der Waals surface area contributed by atoms with E-state index in [2.05, 4.69) is 10.3 Å². The van der Waals surface area contributed by atoms with Crippen molar-refractivity contribution in [3.05, 3.63) is 46.1 Å². The van der Waals surface area contributed by atoms with Crippen LogP contribution in [0, 0.1) is 0 Å². The van der Waals surface area contributed by atoms with Crippen LogP contribution in [-0.2, 0) is 19.3 Å². The second-order valence-corrected chi connectivity index (χ2v) is 4.12. The summed E-state index contributed by atoms with van der Waals surface area (Å²) in [5.41, 5.74) is -1.82. The van der Waals surface area contributed by atoms with Gasteiger partial charge in [0, 0.05) is 18.8 Å². The SMILES string of the molecule is O=C(O)c1cn(CCn2cc(C(F)(F)F)ccc2=O)nn1. The van der Waals surface area contributed by atoms with Crippen LogP contribution in [0.25, 0.3) is 0 Å². The van der Waals surface area contributed by atoms with Gasteiger partial charge in [-0.2, -0.15) is 13.2 Å². The zero-order valence-corrected chi connectivity index (χ0v) is 10.4. The lowest BCUT2D eigenvalue weighted by Gasteiger charge is -2.10. The lowest BCUT2D eigenvalue weighted by molar-refractivity contribution is -0.138. The maximum absolute atomic E-state index is 12.5. The average molecular weight is 302 g/mol. The molecule has 0 aromatic carbocycles. The van der Waals surface area contributed by atoms with E-state index in [1.807, 2.05) is 0 Å². The van der Waals surface area contributed by atoms with Crippen LogP contribution in [0.1, 0.15) is 16.1 Å². The molecule has 0 spiro atoms. The van der Waals surface area contributed by atoms with Gasteiger partial charge in [-0.15, -0.1) is 5.10 Å². The lowest BCUT2D eigenvalue weighted by Crippen LogP contribution is -2.23. The molecule has 0 saturated heterocycles. The first kappa shape index (κ1) is 14.8. The van der Waals surface area contributed by atoms with Gasteiger partial charge in [-0.05, 0) is 6.07 Å². The summed E-state index contributed by atoms with van der Waals surface area (Å²) in [4.78, 5) is 22.1. The molecule has 2 aromatic rings. The summed E-state index contributed by atoms with van der Waals surface area (Å²) in [6.07, 6.45) is -2.71. The molecule has 112 valence electrons. The molecule has 0 unspecified atom stereocenters. The number of nitrogens with zero attached hydrogens (tertiary/aromatic N) is 4. The van der Waals surface area contributed by atoms with Crippen LogP contribution in [0.4, 0.5) is 13.2 Å². The minimum Gasteiger partial charge on any atom is -0.476 e. The number of carbonyl (C=O) groups is 1. The normalized spacial score (nSPS) is 11.6. The Bertz CT molecular complexity index is 720. The van der Waals surface area contributed by atoms with Gasteiger partial charge in [-0.25, -0.2) is 9.48 Å². The molecule has 0 radical (unpaired) electrons. The Morgan fingerprint density at radius 1 is 1.24 bits per heavy atom. The van der Waals surface area contributed by atoms with E-state index in [9.17, 15) is 22.8 Å². The summed E-state index contributed by atoms with van der Waals surface area (Å²) >= 11 is 0. The number of carboxylic acid groups (broad SMARTS) is 1. The summed E-state index contributed by atoms with van der Waals surface area (Å²) in [5.74, 6) is -1.27. The molecule has 0 saturated carbocycles. The minimum atomic E-state index is -4.54. The number of aryl methyl sites for hydroxylation is 2. The Hall–Kier alpha value is -2.65. The molecule has 10 heteroatoms. The van der Waals surface area contributed by atoms with Crippen molar-refractivity contribution < 1.29 is 23.1 Å². The highest BCUT2D eigenvalue weighted by Gasteiger charge is 2.30. The van der Waals surface area contributed by atoms with Crippen LogP contribution in [0.15, 0.2) is 29.3 Å². The fourth-order valence-corrected chi connectivity index (χ4v) is 1.59. The molecule has 2 heterocycles. The standard InChI is InChI=1S/C11H9F3N4O3/c12-11(13,14)7-1-2-9(19)17(5-7)3-4-18-6-8(10(20)21)15-16-18/h1-2,5-6H,3-4H2,(H,20,21). The monoisotopic (exact) mass is 302 g/mol. The number of hydrogen-bond donors (Lipinski definition) is 1. The highest BCUT2D eigenvalue weighted by molar-refractivity contribution is 5.84. The molecular formula is C11H9F3N4O3. The average Bonchev–Trinajstić information content (AvgIpc) is 2.85. The van der Waals surface area contributed by atoms with Crippen molar-refractivity contribution in [2.75, 3.05) is 0 Å². The Balaban J connectivity index is 2.15. The van der Waals surface area contributed by atoms with Gasteiger partial charge in [0.25, 0.3) is 5.56 Å². The lowest BCUT2D eigenvalue weighted by atomic mass is 10.3. The number of pyridine rings is 1. The summed E-state index contributed by atoms with van der Waals surface area (Å²) in [6.45, 7) is -0.0767. The third-order valence-corrected chi connectivity index (χ3v) is 2.64. The molecular weight excluding hydrogens is 293 g/mol. The number of aromatic carboxylic acids is 1. The van der Waals surface area contributed by atoms with Crippen molar-refractivity contribution in [3.63, 3.8) is 0 Å². The number of halogens is 3. The number of rotatable bonds is 4. The van der Waals surface area contributed by atoms with Crippen LogP contribution in [0.3, 0.4) is 0 Å². The van der Waals surface area contributed by atoms with E-state index in [4.69, 9.17) is 5.11 Å². The highest BCUT2D eigenvalue weighted by Crippen LogP contribution is 2.27. The van der Waals surface area contributed by atoms with Crippen LogP contribution in [0.5, 0.6) is 0 Å². The first-order valence-electron chi connectivity index (χ1n) is 5.68. The molecule has 0 atom stereocenters. The Kier molecular flexibility index (Phi) is 3.78. The molecule has 0 bridgehead atoms. The van der Waals surface area contributed by atoms with Gasteiger partial charge >= 0.3 is 12.1 Å². The fraction of sp³-hybridized carbons (Fsp3) is 0.273. The third-order valence-electron chi connectivity index (χ3n) is 2.64. The number of alkyl halides is 3. The van der Waals surface area contributed by atoms with E-state index in [1.54, 1.807) is 0 Å². The predicted molar refractivity (Wildman–Crippen MR) is 62.7 cm³/mol. The van der Waals surface area contributed by atoms with Gasteiger partial charge in [-0.3, -0.25) is 4.79 Å². The van der Waals surface area contributed by atoms with Gasteiger partial charge in [0.05, 0.1) is 18.3 Å². The second kappa shape index (κ2) is 5.38. The molecule has 21 heavy (non-hydrogen) atoms. The maximum Gasteiger partial charge on any atom is 0.417 e. The van der Waals surface area contributed by atoms with Gasteiger partial charge in [0.15, 0.2) is 5.69 Å². The van der Waals surface area contributed by atoms with E-state index in [1.165, 1.54) is 0 Å². The van der Waals surface area contributed by atoms with Crippen molar-refractivity contribution in [3.8, 4) is 0 Å². The largest absolute Gasteiger partial charge is 0.476 e. The molecule has 7 nitrogen and oxygen atoms in total. The van der Waals surface area contributed by atoms with E-state index >= 15 is 0 Å². The summed E-state index contributed by atoms with van der Waals surface area (Å²) in [6, 6.07) is 1.53. The maximum atomic E-state index is 12.5. The molecule has 0 aliphatic rings. The Morgan fingerprint density at radius 2 is 1.95 bits per heavy atom. The van der Waals surface area contributed by atoms with Crippen LogP contribution in [-0.4, -0.2) is 30.6 Å². The molecule has 0 amide bonds. The summed E-state index contributed by atoms with van der Waals surface area (Å²) < 4.78 is 39.7. The fourth-order valence-electron chi connectivity index (χ4n) is 1.59. The first-order chi connectivity index (χ1) is 9.77. The predicted octanol–water partition coefficient (Wildman–Crippen LogP) is 0.857. The second-order valence-electron chi connectivity index (χ2n) is 4.12. The smallest absolute Gasteiger partial charge is 0.417 e. The Morgan fingerprint density at radius 3 is 2.52 bits per heavy atom. The van der Waals surface area contributed by atoms with E-state index in [0.29, 0.717) is 12.3 Å². The van der Waals surface area contributed by atoms with Crippen LogP contribution in [0.2, 0.25) is 0 Å². The van der Waals surface area contributed by atoms with Gasteiger partial charge in [-0.1, -0.05) is 5.21 Å². The first-order valence-corrected chi connectivity index (χ1v) is 5.68. The zero-order valence-electron chi connectivity index (χ0n) is 10.4. The highest BCUT2D eigenvalue weighted by atomic mass is 19.4. The topological polar surface area (TPSA) is 90.0 Å². The van der Waals surface area contributed by atoms with Crippen LogP contribution >= 0.6 is 0 Å². The summed E-state index contributed by atoms with van der Waals surface area (Å²) in [7, 11) is 0. The quantitative estimate of drug-likeness (QED) is 0.904. The van der Waals surface area contributed by atoms with Crippen molar-refractivity contribution in [2.24, 2.45) is 0 Å². The van der Waals surface area contributed by atoms with Crippen molar-refractivity contribution in [2.45, 2.75) is 19.3 Å². The van der Waals surface area contributed by atoms with Crippen molar-refractivity contribution in [1.29, 1.82) is 0 Å². The van der Waals surface area contributed by atoms with E-state index in [0.717, 1.165) is 21.5 Å². The minimum absolute atomic E-state index is 0.0154. The van der Waals surface area contributed by atoms with Crippen molar-refractivity contribution in [1.82, 2.24) is 19.6 Å². The summed E-state index contributed by atoms with van der Waals surface area (Å²) in [5, 5.41) is 15.5. The van der Waals surface area contributed by atoms with Crippen molar-refractivity contribution >= 4 is 5.97 Å². The van der Waals surface area contributed by atoms with Gasteiger partial charge in [0.1, 0.15) is 0 Å². The molecule has 0 aliphatic heterocycles. The molecule has 2 aromatic heterocycles. The third kappa shape index (κ3) is 3.46. The molecule has 2 rings (SSSR count). The number of carboxylic acids is 1. The van der Waals surface area contributed by atoms with E-state index in [-0.39, 0.29) is 18.8 Å². The number of aromatic nitrogens is 4. The van der Waals surface area contributed by atoms with E-state index < -0.39 is 23.3 Å². The van der Waals surface area contributed by atoms with Gasteiger partial charge in [0.2, 0.25) is 0 Å². The molecule has 0 aliphatic carbocycles. The Labute approximate surface area is 115 Å². The van der Waals surface area contributed by atoms with Gasteiger partial charge < -0.3 is 9.67 Å². The molecule has 0 fully saturated rings. The number of hydrogen-bond acceptors (Lipinski definition) is 4. The van der Waals surface area contributed by atoms with Crippen LogP contribution < -0.4 is 5.56 Å². The zero-order chi connectivity index (χ0) is 15.6.